The van der Waals surface area contributed by atoms with E-state index >= 15 is 0 Å². The molecule has 5 heteroatoms. The molecule has 1 fully saturated rings. The minimum Gasteiger partial charge on any atom is -0.352 e. The second-order valence-corrected chi connectivity index (χ2v) is 8.33. The van der Waals surface area contributed by atoms with Gasteiger partial charge in [0.1, 0.15) is 0 Å². The molecule has 1 aliphatic carbocycles. The zero-order chi connectivity index (χ0) is 19.8. The summed E-state index contributed by atoms with van der Waals surface area (Å²) in [6, 6.07) is 8.52. The van der Waals surface area contributed by atoms with Crippen molar-refractivity contribution in [1.29, 1.82) is 0 Å². The highest BCUT2D eigenvalue weighted by atomic mass is 16.2. The fraction of sp³-hybridized carbons (Fsp3) is 0.652. The van der Waals surface area contributed by atoms with Crippen LogP contribution in [-0.4, -0.2) is 42.4 Å². The molecule has 2 amide bonds. The van der Waals surface area contributed by atoms with E-state index in [1.54, 1.807) is 6.92 Å². The SMILES string of the molecule is CC(=O)N1CCCCCCCN(CC(=O)NC2CCCC2)Cc2ccccc21. The molecule has 0 bridgehead atoms. The molecule has 1 aromatic carbocycles. The quantitative estimate of drug-likeness (QED) is 0.859. The number of carbonyl (C=O) groups excluding carboxylic acids is 2. The lowest BCUT2D eigenvalue weighted by atomic mass is 10.1. The summed E-state index contributed by atoms with van der Waals surface area (Å²) < 4.78 is 0. The molecular formula is C23H35N3O2. The molecule has 1 saturated carbocycles. The number of benzene rings is 1. The van der Waals surface area contributed by atoms with Gasteiger partial charge in [0.2, 0.25) is 11.8 Å². The van der Waals surface area contributed by atoms with E-state index in [1.165, 1.54) is 25.7 Å². The molecule has 0 unspecified atom stereocenters. The topological polar surface area (TPSA) is 52.7 Å². The van der Waals surface area contributed by atoms with Crippen molar-refractivity contribution in [2.75, 3.05) is 24.5 Å². The molecule has 28 heavy (non-hydrogen) atoms. The van der Waals surface area contributed by atoms with Crippen LogP contribution in [0.3, 0.4) is 0 Å². The first kappa shape index (κ1) is 20.8. The molecule has 1 aromatic rings. The van der Waals surface area contributed by atoms with Crippen molar-refractivity contribution in [3.8, 4) is 0 Å². The summed E-state index contributed by atoms with van der Waals surface area (Å²) in [5.74, 6) is 0.231. The van der Waals surface area contributed by atoms with Crippen LogP contribution >= 0.6 is 0 Å². The zero-order valence-electron chi connectivity index (χ0n) is 17.3. The normalized spacial score (nSPS) is 20.1. The minimum absolute atomic E-state index is 0.0926. The second kappa shape index (κ2) is 10.6. The Morgan fingerprint density at radius 1 is 0.964 bits per heavy atom. The first-order valence-electron chi connectivity index (χ1n) is 11.0. The van der Waals surface area contributed by atoms with Gasteiger partial charge in [-0.15, -0.1) is 0 Å². The van der Waals surface area contributed by atoms with E-state index < -0.39 is 0 Å². The van der Waals surface area contributed by atoms with Crippen molar-refractivity contribution < 1.29 is 9.59 Å². The molecular weight excluding hydrogens is 350 g/mol. The molecule has 1 aliphatic heterocycles. The van der Waals surface area contributed by atoms with E-state index in [4.69, 9.17) is 0 Å². The van der Waals surface area contributed by atoms with E-state index in [1.807, 2.05) is 23.1 Å². The van der Waals surface area contributed by atoms with Gasteiger partial charge in [-0.2, -0.15) is 0 Å². The minimum atomic E-state index is 0.0926. The Morgan fingerprint density at radius 3 is 2.39 bits per heavy atom. The van der Waals surface area contributed by atoms with Crippen LogP contribution in [-0.2, 0) is 16.1 Å². The van der Waals surface area contributed by atoms with Crippen LogP contribution in [0.15, 0.2) is 24.3 Å². The van der Waals surface area contributed by atoms with Crippen molar-refractivity contribution in [3.63, 3.8) is 0 Å². The van der Waals surface area contributed by atoms with Crippen LogP contribution in [0.5, 0.6) is 0 Å². The van der Waals surface area contributed by atoms with Crippen LogP contribution < -0.4 is 10.2 Å². The maximum atomic E-state index is 12.6. The third-order valence-corrected chi connectivity index (χ3v) is 6.00. The number of anilines is 1. The third-order valence-electron chi connectivity index (χ3n) is 6.00. The van der Waals surface area contributed by atoms with Crippen molar-refractivity contribution in [2.45, 2.75) is 77.3 Å². The number of amides is 2. The molecule has 0 saturated heterocycles. The molecule has 1 heterocycles. The predicted octanol–water partition coefficient (Wildman–Crippen LogP) is 3.86. The van der Waals surface area contributed by atoms with Crippen LogP contribution in [0.2, 0.25) is 0 Å². The van der Waals surface area contributed by atoms with Crippen LogP contribution in [0, 0.1) is 0 Å². The first-order valence-corrected chi connectivity index (χ1v) is 11.0. The Hall–Kier alpha value is -1.88. The number of fused-ring (bicyclic) bond motifs is 1. The lowest BCUT2D eigenvalue weighted by molar-refractivity contribution is -0.123. The molecule has 3 rings (SSSR count). The van der Waals surface area contributed by atoms with Gasteiger partial charge in [-0.25, -0.2) is 0 Å². The molecule has 0 radical (unpaired) electrons. The van der Waals surface area contributed by atoms with Crippen molar-refractivity contribution >= 4 is 17.5 Å². The van der Waals surface area contributed by atoms with E-state index in [-0.39, 0.29) is 11.8 Å². The monoisotopic (exact) mass is 385 g/mol. The first-order chi connectivity index (χ1) is 13.6. The average molecular weight is 386 g/mol. The second-order valence-electron chi connectivity index (χ2n) is 8.33. The van der Waals surface area contributed by atoms with Gasteiger partial charge in [0.15, 0.2) is 0 Å². The number of para-hydroxylation sites is 1. The van der Waals surface area contributed by atoms with E-state index in [0.717, 1.165) is 56.4 Å². The standard InChI is InChI=1S/C23H35N3O2/c1-19(27)26-16-10-4-2-3-9-15-25(17-20-11-5-8-14-22(20)26)18-23(28)24-21-12-6-7-13-21/h5,8,11,14,21H,2-4,6-7,9-10,12-13,15-18H2,1H3,(H,24,28). The molecule has 2 aliphatic rings. The molecule has 1 N–H and O–H groups in total. The van der Waals surface area contributed by atoms with Gasteiger partial charge >= 0.3 is 0 Å². The summed E-state index contributed by atoms with van der Waals surface area (Å²) in [7, 11) is 0. The van der Waals surface area contributed by atoms with Gasteiger partial charge in [0.05, 0.1) is 6.54 Å². The number of nitrogens with zero attached hydrogens (tertiary/aromatic N) is 2. The Kier molecular flexibility index (Phi) is 7.90. The summed E-state index contributed by atoms with van der Waals surface area (Å²) >= 11 is 0. The van der Waals surface area contributed by atoms with E-state index in [9.17, 15) is 9.59 Å². The Bertz CT molecular complexity index is 655. The lowest BCUT2D eigenvalue weighted by Gasteiger charge is -2.28. The van der Waals surface area contributed by atoms with Gasteiger partial charge in [0.25, 0.3) is 0 Å². The fourth-order valence-electron chi connectivity index (χ4n) is 4.49. The number of carbonyl (C=O) groups is 2. The number of hydrogen-bond acceptors (Lipinski definition) is 3. The number of nitrogens with one attached hydrogen (secondary N) is 1. The highest BCUT2D eigenvalue weighted by Gasteiger charge is 2.21. The highest BCUT2D eigenvalue weighted by molar-refractivity contribution is 5.92. The zero-order valence-corrected chi connectivity index (χ0v) is 17.3. The van der Waals surface area contributed by atoms with Crippen molar-refractivity contribution in [3.05, 3.63) is 29.8 Å². The molecule has 0 spiro atoms. The largest absolute Gasteiger partial charge is 0.352 e. The van der Waals surface area contributed by atoms with Gasteiger partial charge in [-0.3, -0.25) is 14.5 Å². The summed E-state index contributed by atoms with van der Waals surface area (Å²) in [5.41, 5.74) is 2.13. The van der Waals surface area contributed by atoms with Crippen molar-refractivity contribution in [1.82, 2.24) is 10.2 Å². The van der Waals surface area contributed by atoms with E-state index in [0.29, 0.717) is 19.1 Å². The summed E-state index contributed by atoms with van der Waals surface area (Å²) in [6.07, 6.45) is 10.4. The van der Waals surface area contributed by atoms with Gasteiger partial charge in [-0.1, -0.05) is 50.3 Å². The maximum absolute atomic E-state index is 12.6. The number of rotatable bonds is 3. The van der Waals surface area contributed by atoms with Crippen LogP contribution in [0.1, 0.15) is 70.3 Å². The van der Waals surface area contributed by atoms with Crippen LogP contribution in [0.25, 0.3) is 0 Å². The lowest BCUT2D eigenvalue weighted by Crippen LogP contribution is -2.41. The smallest absolute Gasteiger partial charge is 0.234 e. The van der Waals surface area contributed by atoms with E-state index in [2.05, 4.69) is 16.3 Å². The van der Waals surface area contributed by atoms with Crippen molar-refractivity contribution in [2.24, 2.45) is 0 Å². The Balaban J connectivity index is 1.74. The molecule has 0 atom stereocenters. The molecule has 5 nitrogen and oxygen atoms in total. The third kappa shape index (κ3) is 6.06. The van der Waals surface area contributed by atoms with Crippen LogP contribution in [0.4, 0.5) is 5.69 Å². The summed E-state index contributed by atoms with van der Waals surface area (Å²) in [5, 5.41) is 3.22. The highest BCUT2D eigenvalue weighted by Crippen LogP contribution is 2.24. The average Bonchev–Trinajstić information content (AvgIpc) is 3.16. The summed E-state index contributed by atoms with van der Waals surface area (Å²) in [4.78, 5) is 29.1. The number of hydrogen-bond donors (Lipinski definition) is 1. The predicted molar refractivity (Wildman–Crippen MR) is 113 cm³/mol. The van der Waals surface area contributed by atoms with Gasteiger partial charge in [0, 0.05) is 31.7 Å². The molecule has 154 valence electrons. The Morgan fingerprint density at radius 2 is 1.64 bits per heavy atom. The van der Waals surface area contributed by atoms with Gasteiger partial charge in [-0.05, 0) is 43.9 Å². The Labute approximate surface area is 169 Å². The van der Waals surface area contributed by atoms with Gasteiger partial charge < -0.3 is 10.2 Å². The maximum Gasteiger partial charge on any atom is 0.234 e. The summed E-state index contributed by atoms with van der Waals surface area (Å²) in [6.45, 7) is 4.49. The fourth-order valence-corrected chi connectivity index (χ4v) is 4.49. The molecule has 0 aromatic heterocycles.